The molecule has 0 unspecified atom stereocenters. The lowest BCUT2D eigenvalue weighted by Crippen LogP contribution is -1.95. The van der Waals surface area contributed by atoms with Crippen LogP contribution in [0, 0.1) is 0 Å². The number of halogens is 1. The van der Waals surface area contributed by atoms with Crippen molar-refractivity contribution in [1.29, 1.82) is 0 Å². The Bertz CT molecular complexity index is 352. The van der Waals surface area contributed by atoms with Crippen LogP contribution in [0.3, 0.4) is 0 Å². The second kappa shape index (κ2) is 4.72. The largest absolute Gasteiger partial charge is 0.504 e. The minimum atomic E-state index is -0.0500. The van der Waals surface area contributed by atoms with Gasteiger partial charge in [0.15, 0.2) is 16.7 Å². The Morgan fingerprint density at radius 3 is 2.86 bits per heavy atom. The van der Waals surface area contributed by atoms with Crippen molar-refractivity contribution in [3.05, 3.63) is 23.8 Å². The molecule has 0 aliphatic rings. The number of hydrogen-bond donors (Lipinski definition) is 2. The van der Waals surface area contributed by atoms with Gasteiger partial charge in [-0.1, -0.05) is 16.8 Å². The minimum Gasteiger partial charge on any atom is -0.504 e. The summed E-state index contributed by atoms with van der Waals surface area (Å²) in [6, 6.07) is 4.45. The van der Waals surface area contributed by atoms with Crippen molar-refractivity contribution in [3.63, 3.8) is 0 Å². The highest BCUT2D eigenvalue weighted by atomic mass is 35.5. The van der Waals surface area contributed by atoms with E-state index in [9.17, 15) is 5.11 Å². The fraction of sp³-hybridized carbons (Fsp3) is 0.222. The molecule has 1 aromatic rings. The van der Waals surface area contributed by atoms with Gasteiger partial charge in [0.2, 0.25) is 0 Å². The highest BCUT2D eigenvalue weighted by Crippen LogP contribution is 2.27. The number of nitrogens with zero attached hydrogens (tertiary/aromatic N) is 1. The van der Waals surface area contributed by atoms with Crippen molar-refractivity contribution >= 4 is 16.8 Å². The Kier molecular flexibility index (Phi) is 3.59. The van der Waals surface area contributed by atoms with E-state index in [0.717, 1.165) is 0 Å². The van der Waals surface area contributed by atoms with Gasteiger partial charge in [-0.15, -0.1) is 0 Å². The minimum absolute atomic E-state index is 0.0259. The number of aromatic hydroxyl groups is 1. The van der Waals surface area contributed by atoms with Gasteiger partial charge in [-0.2, -0.15) is 0 Å². The first-order valence-electron chi connectivity index (χ1n) is 4.02. The summed E-state index contributed by atoms with van der Waals surface area (Å²) < 4.78 is 5.13. The third kappa shape index (κ3) is 2.29. The predicted octanol–water partition coefficient (Wildman–Crippen LogP) is 2.17. The van der Waals surface area contributed by atoms with Crippen molar-refractivity contribution in [1.82, 2.24) is 0 Å². The Hall–Kier alpha value is -1.42. The third-order valence-electron chi connectivity index (χ3n) is 1.59. The molecule has 0 saturated carbocycles. The Morgan fingerprint density at radius 2 is 2.29 bits per heavy atom. The van der Waals surface area contributed by atoms with Crippen LogP contribution in [-0.2, 0) is 0 Å². The zero-order valence-corrected chi connectivity index (χ0v) is 8.32. The predicted molar refractivity (Wildman–Crippen MR) is 53.5 cm³/mol. The Morgan fingerprint density at radius 1 is 1.57 bits per heavy atom. The lowest BCUT2D eigenvalue weighted by molar-refractivity contribution is 0.317. The van der Waals surface area contributed by atoms with E-state index in [0.29, 0.717) is 17.9 Å². The molecule has 14 heavy (non-hydrogen) atoms. The van der Waals surface area contributed by atoms with Crippen molar-refractivity contribution in [2.75, 3.05) is 6.61 Å². The maximum atomic E-state index is 9.35. The van der Waals surface area contributed by atoms with Crippen molar-refractivity contribution in [2.24, 2.45) is 5.16 Å². The summed E-state index contributed by atoms with van der Waals surface area (Å²) in [7, 11) is 0. The number of oxime groups is 1. The van der Waals surface area contributed by atoms with E-state index in [-0.39, 0.29) is 10.9 Å². The standard InChI is InChI=1S/C9H10ClNO3/c1-2-14-8-5-6(9(10)11-13)3-4-7(8)12/h3-5,12-13H,2H2,1H3/b11-9-. The molecular weight excluding hydrogens is 206 g/mol. The molecule has 0 saturated heterocycles. The molecule has 4 nitrogen and oxygen atoms in total. The number of hydrogen-bond acceptors (Lipinski definition) is 4. The van der Waals surface area contributed by atoms with Crippen LogP contribution in [0.2, 0.25) is 0 Å². The summed E-state index contributed by atoms with van der Waals surface area (Å²) in [4.78, 5) is 0. The lowest BCUT2D eigenvalue weighted by Gasteiger charge is -2.06. The molecule has 1 rings (SSSR count). The molecule has 76 valence electrons. The quantitative estimate of drug-likeness (QED) is 0.462. The summed E-state index contributed by atoms with van der Waals surface area (Å²) in [6.45, 7) is 2.23. The van der Waals surface area contributed by atoms with E-state index in [1.54, 1.807) is 6.92 Å². The van der Waals surface area contributed by atoms with Crippen LogP contribution >= 0.6 is 11.6 Å². The Labute approximate surface area is 86.4 Å². The summed E-state index contributed by atoms with van der Waals surface area (Å²) in [5.74, 6) is 0.338. The average molecular weight is 216 g/mol. The normalized spacial score (nSPS) is 11.4. The smallest absolute Gasteiger partial charge is 0.175 e. The first-order valence-corrected chi connectivity index (χ1v) is 4.40. The molecule has 5 heteroatoms. The van der Waals surface area contributed by atoms with Crippen LogP contribution in [0.25, 0.3) is 0 Å². The second-order valence-corrected chi connectivity index (χ2v) is 2.86. The van der Waals surface area contributed by atoms with Crippen LogP contribution in [0.15, 0.2) is 23.4 Å². The molecule has 0 amide bonds. The molecule has 0 atom stereocenters. The third-order valence-corrected chi connectivity index (χ3v) is 1.88. The molecule has 2 N–H and O–H groups in total. The topological polar surface area (TPSA) is 62.0 Å². The summed E-state index contributed by atoms with van der Waals surface area (Å²) in [5, 5.41) is 20.6. The van der Waals surface area contributed by atoms with E-state index in [1.807, 2.05) is 0 Å². The SMILES string of the molecule is CCOc1cc(/C(Cl)=N/O)ccc1O. The van der Waals surface area contributed by atoms with Gasteiger partial charge in [0.25, 0.3) is 0 Å². The van der Waals surface area contributed by atoms with E-state index < -0.39 is 0 Å². The van der Waals surface area contributed by atoms with Gasteiger partial charge in [0.05, 0.1) is 6.61 Å². The molecule has 0 heterocycles. The van der Waals surface area contributed by atoms with E-state index >= 15 is 0 Å². The average Bonchev–Trinajstić information content (AvgIpc) is 2.20. The van der Waals surface area contributed by atoms with E-state index in [4.69, 9.17) is 21.5 Å². The van der Waals surface area contributed by atoms with Gasteiger partial charge in [0.1, 0.15) is 0 Å². The molecule has 0 fully saturated rings. The monoisotopic (exact) mass is 215 g/mol. The van der Waals surface area contributed by atoms with Gasteiger partial charge in [-0.25, -0.2) is 0 Å². The summed E-state index contributed by atoms with van der Waals surface area (Å²) >= 11 is 5.58. The maximum absolute atomic E-state index is 9.35. The molecule has 0 aromatic heterocycles. The van der Waals surface area contributed by atoms with Gasteiger partial charge < -0.3 is 15.1 Å². The number of rotatable bonds is 3. The van der Waals surface area contributed by atoms with E-state index in [1.165, 1.54) is 18.2 Å². The molecule has 0 aliphatic heterocycles. The highest BCUT2D eigenvalue weighted by molar-refractivity contribution is 6.69. The zero-order valence-electron chi connectivity index (χ0n) is 7.57. The van der Waals surface area contributed by atoms with Gasteiger partial charge in [-0.3, -0.25) is 0 Å². The van der Waals surface area contributed by atoms with Gasteiger partial charge in [-0.05, 0) is 25.1 Å². The second-order valence-electron chi connectivity index (χ2n) is 2.51. The number of phenolic OH excluding ortho intramolecular Hbond substituents is 1. The van der Waals surface area contributed by atoms with Crippen LogP contribution in [0.5, 0.6) is 11.5 Å². The van der Waals surface area contributed by atoms with Gasteiger partial charge >= 0.3 is 0 Å². The molecule has 0 aliphatic carbocycles. The first kappa shape index (κ1) is 10.7. The summed E-state index contributed by atoms with van der Waals surface area (Å²) in [6.07, 6.45) is 0. The van der Waals surface area contributed by atoms with Gasteiger partial charge in [0, 0.05) is 5.56 Å². The van der Waals surface area contributed by atoms with E-state index in [2.05, 4.69) is 5.16 Å². The molecule has 1 aromatic carbocycles. The summed E-state index contributed by atoms with van der Waals surface area (Å²) in [5.41, 5.74) is 0.482. The highest BCUT2D eigenvalue weighted by Gasteiger charge is 2.06. The number of ether oxygens (including phenoxy) is 1. The molecular formula is C9H10ClNO3. The zero-order chi connectivity index (χ0) is 10.6. The van der Waals surface area contributed by atoms with Crippen molar-refractivity contribution < 1.29 is 15.1 Å². The van der Waals surface area contributed by atoms with Crippen LogP contribution in [0.1, 0.15) is 12.5 Å². The molecule has 0 bridgehead atoms. The first-order chi connectivity index (χ1) is 6.69. The fourth-order valence-electron chi connectivity index (χ4n) is 0.971. The maximum Gasteiger partial charge on any atom is 0.175 e. The fourth-order valence-corrected chi connectivity index (χ4v) is 1.09. The van der Waals surface area contributed by atoms with Crippen LogP contribution < -0.4 is 4.74 Å². The van der Waals surface area contributed by atoms with Crippen molar-refractivity contribution in [2.45, 2.75) is 6.92 Å². The number of phenols is 1. The lowest BCUT2D eigenvalue weighted by atomic mass is 10.2. The number of benzene rings is 1. The molecule has 0 radical (unpaired) electrons. The van der Waals surface area contributed by atoms with Crippen molar-refractivity contribution in [3.8, 4) is 11.5 Å². The Balaban J connectivity index is 3.06. The molecule has 0 spiro atoms. The van der Waals surface area contributed by atoms with Crippen LogP contribution in [-0.4, -0.2) is 22.1 Å². The van der Waals surface area contributed by atoms with Crippen LogP contribution in [0.4, 0.5) is 0 Å².